The molecule has 4 aromatic rings. The van der Waals surface area contributed by atoms with E-state index in [0.29, 0.717) is 12.6 Å². The number of aryl methyl sites for hydroxylation is 2. The molecule has 6 nitrogen and oxygen atoms in total. The van der Waals surface area contributed by atoms with Crippen molar-refractivity contribution in [1.82, 2.24) is 24.9 Å². The van der Waals surface area contributed by atoms with Gasteiger partial charge in [-0.25, -0.2) is 0 Å². The first kappa shape index (κ1) is 20.8. The fourth-order valence-corrected chi connectivity index (χ4v) is 5.01. The van der Waals surface area contributed by atoms with Gasteiger partial charge in [0.25, 0.3) is 0 Å². The van der Waals surface area contributed by atoms with Gasteiger partial charge in [-0.2, -0.15) is 4.52 Å². The van der Waals surface area contributed by atoms with Crippen LogP contribution in [0.15, 0.2) is 48.5 Å². The third kappa shape index (κ3) is 4.17. The van der Waals surface area contributed by atoms with Crippen molar-refractivity contribution in [3.63, 3.8) is 0 Å². The molecule has 2 aromatic carbocycles. The number of thiocarbonyl (C=S) groups is 1. The summed E-state index contributed by atoms with van der Waals surface area (Å²) in [5.74, 6) is 0. The minimum Gasteiger partial charge on any atom is -0.342 e. The predicted octanol–water partition coefficient (Wildman–Crippen LogP) is 5.43. The van der Waals surface area contributed by atoms with Crippen LogP contribution in [-0.2, 0) is 6.54 Å². The van der Waals surface area contributed by atoms with Gasteiger partial charge in [-0.3, -0.25) is 0 Å². The summed E-state index contributed by atoms with van der Waals surface area (Å²) in [4.78, 5) is 2.35. The van der Waals surface area contributed by atoms with E-state index in [2.05, 4.69) is 88.1 Å². The number of tetrazole rings is 1. The molecular formula is C25H28N6S. The molecule has 0 unspecified atom stereocenters. The highest BCUT2D eigenvalue weighted by atomic mass is 32.1. The van der Waals surface area contributed by atoms with E-state index in [1.54, 1.807) is 0 Å². The van der Waals surface area contributed by atoms with Gasteiger partial charge < -0.3 is 10.2 Å². The Morgan fingerprint density at radius 1 is 1.03 bits per heavy atom. The second-order valence-electron chi connectivity index (χ2n) is 8.86. The van der Waals surface area contributed by atoms with Crippen molar-refractivity contribution in [3.05, 3.63) is 65.2 Å². The smallest absolute Gasteiger partial charge is 0.184 e. The van der Waals surface area contributed by atoms with E-state index in [-0.39, 0.29) is 0 Å². The lowest BCUT2D eigenvalue weighted by Gasteiger charge is -2.36. The summed E-state index contributed by atoms with van der Waals surface area (Å²) in [6, 6.07) is 17.4. The third-order valence-corrected chi connectivity index (χ3v) is 6.75. The lowest BCUT2D eigenvalue weighted by Crippen LogP contribution is -2.43. The standard InChI is InChI=1S/C25H28N6S/c1-17-8-11-21(12-9-17)26-25(32)30(22-6-4-3-5-7-22)16-20-15-19-14-18(2)10-13-23(19)31-24(20)27-28-29-31/h8-15,22H,3-7,16H2,1-2H3,(H,26,32). The van der Waals surface area contributed by atoms with Gasteiger partial charge in [0, 0.05) is 29.2 Å². The molecule has 0 radical (unpaired) electrons. The molecule has 0 amide bonds. The van der Waals surface area contributed by atoms with E-state index in [4.69, 9.17) is 12.2 Å². The molecule has 7 heteroatoms. The van der Waals surface area contributed by atoms with Gasteiger partial charge in [0.15, 0.2) is 10.8 Å². The quantitative estimate of drug-likeness (QED) is 0.424. The average molecular weight is 445 g/mol. The highest BCUT2D eigenvalue weighted by molar-refractivity contribution is 7.80. The van der Waals surface area contributed by atoms with E-state index in [1.807, 2.05) is 4.52 Å². The normalized spacial score (nSPS) is 14.7. The number of fused-ring (bicyclic) bond motifs is 3. The Morgan fingerprint density at radius 2 is 1.78 bits per heavy atom. The van der Waals surface area contributed by atoms with E-state index in [0.717, 1.165) is 45.8 Å². The maximum absolute atomic E-state index is 5.95. The van der Waals surface area contributed by atoms with E-state index in [1.165, 1.54) is 30.4 Å². The Bertz CT molecular complexity index is 1260. The highest BCUT2D eigenvalue weighted by Crippen LogP contribution is 2.27. The van der Waals surface area contributed by atoms with Gasteiger partial charge >= 0.3 is 0 Å². The number of benzene rings is 2. The second-order valence-corrected chi connectivity index (χ2v) is 9.25. The van der Waals surface area contributed by atoms with Crippen molar-refractivity contribution in [2.75, 3.05) is 5.32 Å². The first-order valence-electron chi connectivity index (χ1n) is 11.3. The highest BCUT2D eigenvalue weighted by Gasteiger charge is 2.25. The van der Waals surface area contributed by atoms with Crippen LogP contribution in [-0.4, -0.2) is 36.1 Å². The number of anilines is 1. The molecule has 1 aliphatic carbocycles. The number of nitrogens with zero attached hydrogens (tertiary/aromatic N) is 5. The van der Waals surface area contributed by atoms with Gasteiger partial charge in [0.2, 0.25) is 0 Å². The summed E-state index contributed by atoms with van der Waals surface area (Å²) in [5.41, 5.74) is 6.37. The molecule has 0 atom stereocenters. The molecule has 0 aliphatic heterocycles. The van der Waals surface area contributed by atoms with Crippen molar-refractivity contribution in [2.45, 2.75) is 58.5 Å². The molecule has 2 heterocycles. The van der Waals surface area contributed by atoms with Crippen LogP contribution in [0, 0.1) is 13.8 Å². The van der Waals surface area contributed by atoms with Gasteiger partial charge in [-0.1, -0.05) is 48.6 Å². The van der Waals surface area contributed by atoms with Crippen molar-refractivity contribution in [3.8, 4) is 0 Å². The molecule has 1 aliphatic rings. The lowest BCUT2D eigenvalue weighted by molar-refractivity contribution is 0.241. The molecule has 1 N–H and O–H groups in total. The number of nitrogens with one attached hydrogen (secondary N) is 1. The van der Waals surface area contributed by atoms with Gasteiger partial charge in [0.05, 0.1) is 5.52 Å². The molecule has 32 heavy (non-hydrogen) atoms. The maximum Gasteiger partial charge on any atom is 0.184 e. The molecule has 2 aromatic heterocycles. The monoisotopic (exact) mass is 444 g/mol. The number of rotatable bonds is 4. The van der Waals surface area contributed by atoms with Crippen LogP contribution in [0.4, 0.5) is 5.69 Å². The zero-order chi connectivity index (χ0) is 22.1. The topological polar surface area (TPSA) is 58.4 Å². The average Bonchev–Trinajstić information content (AvgIpc) is 3.29. The van der Waals surface area contributed by atoms with Gasteiger partial charge in [-0.05, 0) is 79.7 Å². The predicted molar refractivity (Wildman–Crippen MR) is 133 cm³/mol. The SMILES string of the molecule is Cc1ccc(NC(=S)N(Cc2cc3cc(C)ccc3n3nnnc23)C2CCCCC2)cc1. The lowest BCUT2D eigenvalue weighted by atomic mass is 9.94. The van der Waals surface area contributed by atoms with Crippen LogP contribution in [0.3, 0.4) is 0 Å². The van der Waals surface area contributed by atoms with Crippen LogP contribution in [0.1, 0.15) is 48.8 Å². The summed E-state index contributed by atoms with van der Waals surface area (Å²) in [6.07, 6.45) is 6.10. The van der Waals surface area contributed by atoms with E-state index in [9.17, 15) is 0 Å². The van der Waals surface area contributed by atoms with Crippen LogP contribution >= 0.6 is 12.2 Å². The largest absolute Gasteiger partial charge is 0.342 e. The molecular weight excluding hydrogens is 416 g/mol. The molecule has 164 valence electrons. The zero-order valence-corrected chi connectivity index (χ0v) is 19.4. The number of pyridine rings is 1. The Kier molecular flexibility index (Phi) is 5.74. The van der Waals surface area contributed by atoms with Crippen LogP contribution in [0.5, 0.6) is 0 Å². The summed E-state index contributed by atoms with van der Waals surface area (Å²) in [7, 11) is 0. The van der Waals surface area contributed by atoms with E-state index < -0.39 is 0 Å². The Balaban J connectivity index is 1.51. The van der Waals surface area contributed by atoms with Gasteiger partial charge in [0.1, 0.15) is 0 Å². The summed E-state index contributed by atoms with van der Waals surface area (Å²) in [5, 5.41) is 18.0. The minimum atomic E-state index is 0.415. The fraction of sp³-hybridized carbons (Fsp3) is 0.360. The fourth-order valence-electron chi connectivity index (χ4n) is 4.68. The summed E-state index contributed by atoms with van der Waals surface area (Å²) < 4.78 is 1.85. The Labute approximate surface area is 193 Å². The van der Waals surface area contributed by atoms with Crippen LogP contribution in [0.2, 0.25) is 0 Å². The second kappa shape index (κ2) is 8.82. The van der Waals surface area contributed by atoms with Crippen molar-refractivity contribution >= 4 is 39.6 Å². The van der Waals surface area contributed by atoms with Crippen LogP contribution < -0.4 is 5.32 Å². The van der Waals surface area contributed by atoms with Crippen LogP contribution in [0.25, 0.3) is 16.6 Å². The van der Waals surface area contributed by atoms with Crippen molar-refractivity contribution < 1.29 is 0 Å². The molecule has 1 fully saturated rings. The molecule has 1 saturated carbocycles. The van der Waals surface area contributed by atoms with Crippen molar-refractivity contribution in [2.24, 2.45) is 0 Å². The Hall–Kier alpha value is -3.06. The van der Waals surface area contributed by atoms with E-state index >= 15 is 0 Å². The third-order valence-electron chi connectivity index (χ3n) is 6.42. The molecule has 0 bridgehead atoms. The zero-order valence-electron chi connectivity index (χ0n) is 18.6. The molecule has 0 spiro atoms. The first-order valence-corrected chi connectivity index (χ1v) is 11.7. The maximum atomic E-state index is 5.95. The Morgan fingerprint density at radius 3 is 2.56 bits per heavy atom. The summed E-state index contributed by atoms with van der Waals surface area (Å²) >= 11 is 5.95. The summed E-state index contributed by atoms with van der Waals surface area (Å²) in [6.45, 7) is 4.88. The van der Waals surface area contributed by atoms with Gasteiger partial charge in [-0.15, -0.1) is 5.10 Å². The number of aromatic nitrogens is 4. The molecule has 0 saturated heterocycles. The minimum absolute atomic E-state index is 0.415. The number of hydrogen-bond donors (Lipinski definition) is 1. The number of hydrogen-bond acceptors (Lipinski definition) is 4. The van der Waals surface area contributed by atoms with Crippen molar-refractivity contribution in [1.29, 1.82) is 0 Å². The molecule has 5 rings (SSSR count). The first-order chi connectivity index (χ1) is 15.6.